The zero-order valence-electron chi connectivity index (χ0n) is 17.2. The molecule has 0 saturated carbocycles. The maximum absolute atomic E-state index is 13.4. The molecule has 3 heterocycles. The van der Waals surface area contributed by atoms with Crippen molar-refractivity contribution in [1.29, 1.82) is 0 Å². The number of nitrogens with one attached hydrogen (secondary N) is 1. The lowest BCUT2D eigenvalue weighted by molar-refractivity contribution is -0.158. The molecule has 154 valence electrons. The quantitative estimate of drug-likeness (QED) is 0.727. The van der Waals surface area contributed by atoms with Gasteiger partial charge in [0.15, 0.2) is 0 Å². The smallest absolute Gasteiger partial charge is 0.246 e. The number of H-pyrrole nitrogens is 1. The topological polar surface area (TPSA) is 65.6 Å². The molecule has 1 saturated heterocycles. The van der Waals surface area contributed by atoms with E-state index in [1.807, 2.05) is 49.4 Å². The first-order valence-electron chi connectivity index (χ1n) is 10.5. The Morgan fingerprint density at radius 2 is 1.97 bits per heavy atom. The van der Waals surface area contributed by atoms with Crippen LogP contribution in [0.1, 0.15) is 36.2 Å². The maximum Gasteiger partial charge on any atom is 0.246 e. The first-order valence-corrected chi connectivity index (χ1v) is 10.5. The molecule has 2 aromatic carbocycles. The number of para-hydroxylation sites is 1. The highest BCUT2D eigenvalue weighted by atomic mass is 16.5. The molecular formula is C24H25N3O3. The molecule has 0 aliphatic carbocycles. The van der Waals surface area contributed by atoms with Gasteiger partial charge in [-0.2, -0.15) is 0 Å². The van der Waals surface area contributed by atoms with Crippen LogP contribution in [0.3, 0.4) is 0 Å². The van der Waals surface area contributed by atoms with Crippen LogP contribution in [0.4, 0.5) is 0 Å². The van der Waals surface area contributed by atoms with Crippen molar-refractivity contribution in [3.63, 3.8) is 0 Å². The Hall–Kier alpha value is -3.28. The third-order valence-corrected chi connectivity index (χ3v) is 6.25. The molecule has 0 spiro atoms. The van der Waals surface area contributed by atoms with E-state index in [4.69, 9.17) is 4.74 Å². The molecule has 1 N–H and O–H groups in total. The third kappa shape index (κ3) is 2.78. The second-order valence-corrected chi connectivity index (χ2v) is 8.02. The number of aromatic amines is 1. The molecule has 2 aliphatic heterocycles. The van der Waals surface area contributed by atoms with E-state index in [9.17, 15) is 9.59 Å². The van der Waals surface area contributed by atoms with Crippen LogP contribution in [0.2, 0.25) is 0 Å². The van der Waals surface area contributed by atoms with Gasteiger partial charge in [0.2, 0.25) is 11.8 Å². The number of hydrogen-bond donors (Lipinski definition) is 1. The SMILES string of the molecule is CCCN1CC(=O)N2C(Cc3c([nH]c4ccccc34)C2c2cccc(OC)c2)C1=O. The average molecular weight is 403 g/mol. The molecule has 5 rings (SSSR count). The maximum atomic E-state index is 13.4. The van der Waals surface area contributed by atoms with Gasteiger partial charge >= 0.3 is 0 Å². The van der Waals surface area contributed by atoms with E-state index in [0.29, 0.717) is 13.0 Å². The van der Waals surface area contributed by atoms with Gasteiger partial charge in [-0.25, -0.2) is 0 Å². The van der Waals surface area contributed by atoms with Gasteiger partial charge in [-0.15, -0.1) is 0 Å². The second-order valence-electron chi connectivity index (χ2n) is 8.02. The molecule has 1 aromatic heterocycles. The fourth-order valence-electron chi connectivity index (χ4n) is 4.94. The summed E-state index contributed by atoms with van der Waals surface area (Å²) < 4.78 is 5.44. The van der Waals surface area contributed by atoms with Crippen molar-refractivity contribution in [2.75, 3.05) is 20.2 Å². The summed E-state index contributed by atoms with van der Waals surface area (Å²) in [5.74, 6) is 0.765. The lowest BCUT2D eigenvalue weighted by Gasteiger charge is -2.47. The number of hydrogen-bond acceptors (Lipinski definition) is 3. The number of fused-ring (bicyclic) bond motifs is 4. The molecule has 6 heteroatoms. The van der Waals surface area contributed by atoms with Gasteiger partial charge < -0.3 is 19.5 Å². The van der Waals surface area contributed by atoms with Crippen molar-refractivity contribution in [3.05, 3.63) is 65.4 Å². The standard InChI is InChI=1S/C24H25N3O3/c1-3-11-26-14-21(28)27-20(24(26)29)13-18-17-9-4-5-10-19(17)25-22(18)23(27)15-7-6-8-16(12-15)30-2/h4-10,12,20,23,25H,3,11,13-14H2,1-2H3. The molecule has 2 unspecified atom stereocenters. The lowest BCUT2D eigenvalue weighted by atomic mass is 9.86. The van der Waals surface area contributed by atoms with E-state index < -0.39 is 6.04 Å². The fraction of sp³-hybridized carbons (Fsp3) is 0.333. The van der Waals surface area contributed by atoms with Crippen LogP contribution >= 0.6 is 0 Å². The van der Waals surface area contributed by atoms with E-state index in [1.165, 1.54) is 0 Å². The number of rotatable bonds is 4. The van der Waals surface area contributed by atoms with Crippen LogP contribution in [0.5, 0.6) is 5.75 Å². The van der Waals surface area contributed by atoms with E-state index in [1.54, 1.807) is 16.9 Å². The Labute approximate surface area is 175 Å². The normalized spacial score (nSPS) is 21.0. The van der Waals surface area contributed by atoms with Crippen molar-refractivity contribution in [2.45, 2.75) is 31.8 Å². The fourth-order valence-corrected chi connectivity index (χ4v) is 4.94. The van der Waals surface area contributed by atoms with Crippen molar-refractivity contribution in [2.24, 2.45) is 0 Å². The highest BCUT2D eigenvalue weighted by molar-refractivity contribution is 5.97. The Bertz CT molecular complexity index is 1140. The number of ether oxygens (including phenoxy) is 1. The van der Waals surface area contributed by atoms with E-state index in [-0.39, 0.29) is 24.4 Å². The van der Waals surface area contributed by atoms with E-state index in [0.717, 1.165) is 39.9 Å². The molecule has 3 aromatic rings. The van der Waals surface area contributed by atoms with Gasteiger partial charge in [-0.3, -0.25) is 9.59 Å². The molecule has 2 aliphatic rings. The number of benzene rings is 2. The van der Waals surface area contributed by atoms with Crippen molar-refractivity contribution < 1.29 is 14.3 Å². The summed E-state index contributed by atoms with van der Waals surface area (Å²) in [7, 11) is 1.63. The number of piperazine rings is 1. The predicted molar refractivity (Wildman–Crippen MR) is 114 cm³/mol. The highest BCUT2D eigenvalue weighted by Gasteiger charge is 2.48. The molecule has 2 amide bonds. The summed E-state index contributed by atoms with van der Waals surface area (Å²) in [6.07, 6.45) is 1.37. The van der Waals surface area contributed by atoms with Gasteiger partial charge in [0, 0.05) is 29.6 Å². The van der Waals surface area contributed by atoms with Gasteiger partial charge in [-0.1, -0.05) is 37.3 Å². The summed E-state index contributed by atoms with van der Waals surface area (Å²) in [5, 5.41) is 1.12. The van der Waals surface area contributed by atoms with Crippen molar-refractivity contribution in [3.8, 4) is 5.75 Å². The molecular weight excluding hydrogens is 378 g/mol. The number of amides is 2. The number of carbonyl (C=O) groups excluding carboxylic acids is 2. The van der Waals surface area contributed by atoms with E-state index in [2.05, 4.69) is 11.1 Å². The first-order chi connectivity index (χ1) is 14.6. The minimum absolute atomic E-state index is 0.00910. The molecule has 6 nitrogen and oxygen atoms in total. The number of nitrogens with zero attached hydrogens (tertiary/aromatic N) is 2. The van der Waals surface area contributed by atoms with Crippen LogP contribution in [0, 0.1) is 0 Å². The van der Waals surface area contributed by atoms with E-state index >= 15 is 0 Å². The molecule has 2 atom stereocenters. The van der Waals surface area contributed by atoms with Crippen LogP contribution < -0.4 is 4.74 Å². The minimum atomic E-state index is -0.485. The van der Waals surface area contributed by atoms with Gasteiger partial charge in [0.25, 0.3) is 0 Å². The summed E-state index contributed by atoms with van der Waals surface area (Å²) in [6, 6.07) is 15.1. The molecule has 1 fully saturated rings. The second kappa shape index (κ2) is 7.20. The first kappa shape index (κ1) is 18.7. The van der Waals surface area contributed by atoms with Gasteiger partial charge in [0.1, 0.15) is 11.8 Å². The largest absolute Gasteiger partial charge is 0.497 e. The zero-order chi connectivity index (χ0) is 20.8. The zero-order valence-corrected chi connectivity index (χ0v) is 17.2. The number of carbonyl (C=O) groups is 2. The molecule has 0 bridgehead atoms. The van der Waals surface area contributed by atoms with Crippen molar-refractivity contribution >= 4 is 22.7 Å². The van der Waals surface area contributed by atoms with Crippen molar-refractivity contribution in [1.82, 2.24) is 14.8 Å². The lowest BCUT2D eigenvalue weighted by Crippen LogP contribution is -2.63. The summed E-state index contributed by atoms with van der Waals surface area (Å²) >= 11 is 0. The van der Waals surface area contributed by atoms with Crippen LogP contribution in [-0.2, 0) is 16.0 Å². The highest BCUT2D eigenvalue weighted by Crippen LogP contribution is 2.43. The minimum Gasteiger partial charge on any atom is -0.497 e. The number of methoxy groups -OCH3 is 1. The van der Waals surface area contributed by atoms with Crippen LogP contribution in [0.15, 0.2) is 48.5 Å². The molecule has 0 radical (unpaired) electrons. The summed E-state index contributed by atoms with van der Waals surface area (Å²) in [4.78, 5) is 33.7. The van der Waals surface area contributed by atoms with Crippen LogP contribution in [-0.4, -0.2) is 52.8 Å². The monoisotopic (exact) mass is 403 g/mol. The Morgan fingerprint density at radius 1 is 1.13 bits per heavy atom. The molecule has 30 heavy (non-hydrogen) atoms. The average Bonchev–Trinajstić information content (AvgIpc) is 3.14. The summed E-state index contributed by atoms with van der Waals surface area (Å²) in [5.41, 5.74) is 4.09. The third-order valence-electron chi connectivity index (χ3n) is 6.25. The van der Waals surface area contributed by atoms with Gasteiger partial charge in [0.05, 0.1) is 19.7 Å². The van der Waals surface area contributed by atoms with Crippen LogP contribution in [0.25, 0.3) is 10.9 Å². The van der Waals surface area contributed by atoms with Gasteiger partial charge in [-0.05, 0) is 35.7 Å². The Kier molecular flexibility index (Phi) is 4.50. The number of aromatic nitrogens is 1. The Balaban J connectivity index is 1.71. The summed E-state index contributed by atoms with van der Waals surface area (Å²) in [6.45, 7) is 2.78. The Morgan fingerprint density at radius 3 is 2.77 bits per heavy atom. The predicted octanol–water partition coefficient (Wildman–Crippen LogP) is 3.27.